The van der Waals surface area contributed by atoms with Gasteiger partial charge >= 0.3 is 18.0 Å². The molecule has 23 heavy (non-hydrogen) atoms. The highest BCUT2D eigenvalue weighted by molar-refractivity contribution is 6.10. The van der Waals surface area contributed by atoms with E-state index in [1.165, 1.54) is 20.8 Å². The van der Waals surface area contributed by atoms with E-state index in [0.29, 0.717) is 0 Å². The monoisotopic (exact) mass is 348 g/mol. The zero-order chi connectivity index (χ0) is 18.2. The fourth-order valence-electron chi connectivity index (χ4n) is 3.91. The zero-order valence-corrected chi connectivity index (χ0v) is 12.5. The number of carbonyl (C=O) groups is 2. The van der Waals surface area contributed by atoms with Crippen LogP contribution < -0.4 is 0 Å². The van der Waals surface area contributed by atoms with Crippen LogP contribution in [0.2, 0.25) is 0 Å². The summed E-state index contributed by atoms with van der Waals surface area (Å²) in [5.74, 6) is -19.9. The minimum atomic E-state index is -6.59. The SMILES string of the molecule is CC1C(=O)C(C(=O)C(F)(F)C(F)(F)C(F)(F)F)C2(C(C)C)CC12. The Bertz CT molecular complexity index is 552. The number of ketones is 2. The summed E-state index contributed by atoms with van der Waals surface area (Å²) in [6.45, 7) is 4.45. The van der Waals surface area contributed by atoms with Crippen LogP contribution >= 0.6 is 0 Å². The third kappa shape index (κ3) is 2.07. The molecule has 0 spiro atoms. The number of carbonyl (C=O) groups excluding carboxylic acids is 2. The van der Waals surface area contributed by atoms with Crippen LogP contribution in [0.4, 0.5) is 30.7 Å². The third-order valence-electron chi connectivity index (χ3n) is 5.37. The van der Waals surface area contributed by atoms with E-state index in [-0.39, 0.29) is 6.42 Å². The molecule has 0 saturated heterocycles. The van der Waals surface area contributed by atoms with Crippen molar-refractivity contribution < 1.29 is 40.3 Å². The molecule has 2 aliphatic carbocycles. The van der Waals surface area contributed by atoms with Gasteiger partial charge in [-0.15, -0.1) is 0 Å². The highest BCUT2D eigenvalue weighted by Gasteiger charge is 2.81. The topological polar surface area (TPSA) is 34.1 Å². The van der Waals surface area contributed by atoms with Crippen LogP contribution in [0.1, 0.15) is 27.2 Å². The fourth-order valence-corrected chi connectivity index (χ4v) is 3.91. The van der Waals surface area contributed by atoms with Gasteiger partial charge in [-0.2, -0.15) is 30.7 Å². The molecule has 132 valence electrons. The number of hydrogen-bond acceptors (Lipinski definition) is 2. The van der Waals surface area contributed by atoms with Crippen molar-refractivity contribution in [3.63, 3.8) is 0 Å². The van der Waals surface area contributed by atoms with Crippen LogP contribution in [0, 0.1) is 29.1 Å². The number of alkyl halides is 7. The van der Waals surface area contributed by atoms with Crippen molar-refractivity contribution in [3.05, 3.63) is 0 Å². The first-order valence-electron chi connectivity index (χ1n) is 7.04. The van der Waals surface area contributed by atoms with E-state index in [0.717, 1.165) is 0 Å². The average molecular weight is 348 g/mol. The van der Waals surface area contributed by atoms with Crippen molar-refractivity contribution in [3.8, 4) is 0 Å². The number of rotatable bonds is 4. The van der Waals surface area contributed by atoms with Gasteiger partial charge in [0.05, 0.1) is 5.92 Å². The van der Waals surface area contributed by atoms with E-state index in [4.69, 9.17) is 0 Å². The van der Waals surface area contributed by atoms with Gasteiger partial charge in [0.25, 0.3) is 0 Å². The highest BCUT2D eigenvalue weighted by Crippen LogP contribution is 2.72. The van der Waals surface area contributed by atoms with Crippen LogP contribution in [0.5, 0.6) is 0 Å². The number of fused-ring (bicyclic) bond motifs is 1. The lowest BCUT2D eigenvalue weighted by Gasteiger charge is -2.32. The maximum Gasteiger partial charge on any atom is 0.460 e. The molecule has 0 N–H and O–H groups in total. The Balaban J connectivity index is 2.45. The summed E-state index contributed by atoms with van der Waals surface area (Å²) in [5.41, 5.74) is -1.24. The summed E-state index contributed by atoms with van der Waals surface area (Å²) >= 11 is 0. The van der Waals surface area contributed by atoms with Gasteiger partial charge in [-0.25, -0.2) is 0 Å². The average Bonchev–Trinajstić information content (AvgIpc) is 3.08. The lowest BCUT2D eigenvalue weighted by atomic mass is 9.75. The minimum absolute atomic E-state index is 0.196. The first-order chi connectivity index (χ1) is 10.1. The molecule has 0 radical (unpaired) electrons. The van der Waals surface area contributed by atoms with Gasteiger partial charge in [-0.1, -0.05) is 20.8 Å². The van der Waals surface area contributed by atoms with Gasteiger partial charge in [0.1, 0.15) is 5.78 Å². The predicted molar refractivity (Wildman–Crippen MR) is 64.0 cm³/mol. The van der Waals surface area contributed by atoms with Gasteiger partial charge in [0.2, 0.25) is 5.78 Å². The predicted octanol–water partition coefficient (Wildman–Crippen LogP) is 3.89. The summed E-state index contributed by atoms with van der Waals surface area (Å²) in [5, 5.41) is 0. The molecular formula is C14H15F7O2. The number of Topliss-reactive ketones (excluding diaryl/α,β-unsaturated/α-hetero) is 2. The minimum Gasteiger partial charge on any atom is -0.299 e. The van der Waals surface area contributed by atoms with E-state index in [1.807, 2.05) is 0 Å². The summed E-state index contributed by atoms with van der Waals surface area (Å²) in [4.78, 5) is 24.0. The van der Waals surface area contributed by atoms with E-state index in [1.54, 1.807) is 0 Å². The summed E-state index contributed by atoms with van der Waals surface area (Å²) < 4.78 is 90.3. The van der Waals surface area contributed by atoms with Crippen molar-refractivity contribution in [1.29, 1.82) is 0 Å². The van der Waals surface area contributed by atoms with Crippen LogP contribution in [0.25, 0.3) is 0 Å². The Hall–Kier alpha value is -1.15. The lowest BCUT2D eigenvalue weighted by molar-refractivity contribution is -0.344. The molecule has 2 saturated carbocycles. The molecule has 2 fully saturated rings. The van der Waals surface area contributed by atoms with Crippen molar-refractivity contribution in [2.45, 2.75) is 45.2 Å². The van der Waals surface area contributed by atoms with Crippen LogP contribution in [-0.2, 0) is 9.59 Å². The first kappa shape index (κ1) is 18.2. The number of hydrogen-bond donors (Lipinski definition) is 0. The van der Waals surface area contributed by atoms with Crippen molar-refractivity contribution >= 4 is 11.6 Å². The second-order valence-corrected chi connectivity index (χ2v) is 6.71. The summed E-state index contributed by atoms with van der Waals surface area (Å²) in [6.07, 6.45) is -6.39. The molecule has 0 heterocycles. The molecular weight excluding hydrogens is 333 g/mol. The van der Waals surface area contributed by atoms with Crippen molar-refractivity contribution in [1.82, 2.24) is 0 Å². The summed E-state index contributed by atoms with van der Waals surface area (Å²) in [7, 11) is 0. The molecule has 2 aliphatic rings. The van der Waals surface area contributed by atoms with E-state index in [9.17, 15) is 40.3 Å². The third-order valence-corrected chi connectivity index (χ3v) is 5.37. The van der Waals surface area contributed by atoms with Gasteiger partial charge in [-0.3, -0.25) is 9.59 Å². The van der Waals surface area contributed by atoms with Crippen LogP contribution in [0.15, 0.2) is 0 Å². The second kappa shape index (κ2) is 4.69. The first-order valence-corrected chi connectivity index (χ1v) is 7.04. The maximum atomic E-state index is 13.7. The molecule has 2 rings (SSSR count). The molecule has 0 aliphatic heterocycles. The van der Waals surface area contributed by atoms with Crippen LogP contribution in [0.3, 0.4) is 0 Å². The van der Waals surface area contributed by atoms with Crippen molar-refractivity contribution in [2.75, 3.05) is 0 Å². The molecule has 9 heteroatoms. The number of halogens is 7. The molecule has 0 aromatic carbocycles. The smallest absolute Gasteiger partial charge is 0.299 e. The Morgan fingerprint density at radius 2 is 1.61 bits per heavy atom. The molecule has 4 atom stereocenters. The normalized spacial score (nSPS) is 34.7. The van der Waals surface area contributed by atoms with Gasteiger partial charge in [0.15, 0.2) is 0 Å². The van der Waals surface area contributed by atoms with Crippen molar-refractivity contribution in [2.24, 2.45) is 29.1 Å². The van der Waals surface area contributed by atoms with Gasteiger partial charge in [-0.05, 0) is 23.7 Å². The highest BCUT2D eigenvalue weighted by atomic mass is 19.4. The van der Waals surface area contributed by atoms with Gasteiger partial charge in [0, 0.05) is 5.92 Å². The summed E-state index contributed by atoms with van der Waals surface area (Å²) in [6, 6.07) is 0. The van der Waals surface area contributed by atoms with E-state index >= 15 is 0 Å². The van der Waals surface area contributed by atoms with Crippen LogP contribution in [-0.4, -0.2) is 29.6 Å². The molecule has 0 bridgehead atoms. The molecule has 0 aromatic rings. The fraction of sp³-hybridized carbons (Fsp3) is 0.857. The Labute approximate surface area is 127 Å². The Kier molecular flexibility index (Phi) is 3.71. The Morgan fingerprint density at radius 3 is 2.00 bits per heavy atom. The standard InChI is InChI=1S/C14H15F7O2/c1-5(2)11-4-7(11)6(3)9(22)8(11)10(23)12(15,16)13(17,18)14(19,20)21/h5-8H,4H2,1-3H3. The lowest BCUT2D eigenvalue weighted by Crippen LogP contribution is -2.59. The Morgan fingerprint density at radius 1 is 1.13 bits per heavy atom. The molecule has 2 nitrogen and oxygen atoms in total. The molecule has 0 aromatic heterocycles. The maximum absolute atomic E-state index is 13.7. The largest absolute Gasteiger partial charge is 0.460 e. The van der Waals surface area contributed by atoms with Gasteiger partial charge < -0.3 is 0 Å². The zero-order valence-electron chi connectivity index (χ0n) is 12.5. The quantitative estimate of drug-likeness (QED) is 0.571. The molecule has 4 unspecified atom stereocenters. The second-order valence-electron chi connectivity index (χ2n) is 6.71. The molecule has 0 amide bonds. The van der Waals surface area contributed by atoms with E-state index < -0.39 is 58.7 Å². The van der Waals surface area contributed by atoms with E-state index in [2.05, 4.69) is 0 Å².